The molecular weight excluding hydrogens is 466 g/mol. The second-order valence-corrected chi connectivity index (χ2v) is 11.0. The minimum atomic E-state index is -0.580. The van der Waals surface area contributed by atoms with E-state index in [0.717, 1.165) is 16.7 Å². The van der Waals surface area contributed by atoms with E-state index in [1.54, 1.807) is 9.91 Å². The van der Waals surface area contributed by atoms with Crippen LogP contribution in [0.4, 0.5) is 4.79 Å². The zero-order chi connectivity index (χ0) is 26.1. The van der Waals surface area contributed by atoms with Crippen molar-refractivity contribution in [1.29, 1.82) is 0 Å². The summed E-state index contributed by atoms with van der Waals surface area (Å²) in [7, 11) is 0. The number of rotatable bonds is 7. The molecule has 196 valence electrons. The van der Waals surface area contributed by atoms with E-state index >= 15 is 0 Å². The molecule has 0 bridgehead atoms. The Balaban J connectivity index is 1.41. The molecular formula is C29H37N5O3. The summed E-state index contributed by atoms with van der Waals surface area (Å²) in [5.41, 5.74) is 6.51. The van der Waals surface area contributed by atoms with Crippen molar-refractivity contribution in [3.8, 4) is 0 Å². The lowest BCUT2D eigenvalue weighted by Gasteiger charge is -2.49. The Morgan fingerprint density at radius 3 is 2.51 bits per heavy atom. The molecule has 8 nitrogen and oxygen atoms in total. The van der Waals surface area contributed by atoms with Crippen LogP contribution >= 0.6 is 0 Å². The molecule has 1 saturated carbocycles. The highest BCUT2D eigenvalue weighted by Gasteiger charge is 2.56. The van der Waals surface area contributed by atoms with Gasteiger partial charge in [-0.25, -0.2) is 4.79 Å². The minimum Gasteiger partial charge on any atom is -0.356 e. The van der Waals surface area contributed by atoms with Crippen molar-refractivity contribution in [2.75, 3.05) is 6.54 Å². The molecule has 0 radical (unpaired) electrons. The third-order valence-electron chi connectivity index (χ3n) is 7.73. The van der Waals surface area contributed by atoms with Gasteiger partial charge in [0.25, 0.3) is 0 Å². The van der Waals surface area contributed by atoms with Gasteiger partial charge < -0.3 is 10.2 Å². The molecule has 2 aromatic rings. The molecule has 4 amide bonds. The molecule has 3 fully saturated rings. The highest BCUT2D eigenvalue weighted by atomic mass is 16.2. The van der Waals surface area contributed by atoms with E-state index in [1.807, 2.05) is 60.4 Å². The molecule has 4 atom stereocenters. The van der Waals surface area contributed by atoms with Gasteiger partial charge in [-0.15, -0.1) is 0 Å². The number of nitrogens with zero attached hydrogens (tertiary/aromatic N) is 3. The van der Waals surface area contributed by atoms with Gasteiger partial charge >= 0.3 is 6.03 Å². The number of benzene rings is 2. The number of nitrogens with one attached hydrogen (secondary N) is 2. The normalized spacial score (nSPS) is 25.4. The zero-order valence-corrected chi connectivity index (χ0v) is 21.9. The van der Waals surface area contributed by atoms with Crippen molar-refractivity contribution in [2.24, 2.45) is 17.8 Å². The smallest absolute Gasteiger partial charge is 0.337 e. The maximum absolute atomic E-state index is 13.8. The lowest BCUT2D eigenvalue weighted by molar-refractivity contribution is -0.159. The Labute approximate surface area is 219 Å². The van der Waals surface area contributed by atoms with Gasteiger partial charge in [0.15, 0.2) is 6.29 Å². The Hall–Kier alpha value is -3.39. The van der Waals surface area contributed by atoms with Crippen molar-refractivity contribution in [2.45, 2.75) is 65.5 Å². The second kappa shape index (κ2) is 10.5. The van der Waals surface area contributed by atoms with Gasteiger partial charge in [0, 0.05) is 25.0 Å². The van der Waals surface area contributed by atoms with Crippen LogP contribution in [0.3, 0.4) is 0 Å². The van der Waals surface area contributed by atoms with Gasteiger partial charge in [0.05, 0.1) is 12.5 Å². The number of hydrogen-bond donors (Lipinski definition) is 2. The average Bonchev–Trinajstić information content (AvgIpc) is 3.21. The van der Waals surface area contributed by atoms with E-state index in [2.05, 4.69) is 30.7 Å². The molecule has 1 aliphatic carbocycles. The first-order valence-electron chi connectivity index (χ1n) is 13.4. The van der Waals surface area contributed by atoms with Gasteiger partial charge in [-0.2, -0.15) is 5.43 Å². The quantitative estimate of drug-likeness (QED) is 0.605. The average molecular weight is 504 g/mol. The predicted octanol–water partition coefficient (Wildman–Crippen LogP) is 3.62. The van der Waals surface area contributed by atoms with Crippen molar-refractivity contribution >= 4 is 17.8 Å². The van der Waals surface area contributed by atoms with Gasteiger partial charge in [0.1, 0.15) is 0 Å². The van der Waals surface area contributed by atoms with E-state index in [1.165, 1.54) is 0 Å². The summed E-state index contributed by atoms with van der Waals surface area (Å²) in [6.07, 6.45) is 1.18. The molecule has 8 heteroatoms. The molecule has 2 heterocycles. The highest BCUT2D eigenvalue weighted by Crippen LogP contribution is 2.41. The van der Waals surface area contributed by atoms with Crippen molar-refractivity contribution in [3.05, 3.63) is 71.3 Å². The summed E-state index contributed by atoms with van der Waals surface area (Å²) in [6.45, 7) is 7.62. The van der Waals surface area contributed by atoms with Crippen molar-refractivity contribution in [3.63, 3.8) is 0 Å². The van der Waals surface area contributed by atoms with Crippen LogP contribution in [-0.2, 0) is 22.7 Å². The Morgan fingerprint density at radius 1 is 1.03 bits per heavy atom. The van der Waals surface area contributed by atoms with Crippen molar-refractivity contribution < 1.29 is 14.4 Å². The second-order valence-electron chi connectivity index (χ2n) is 11.0. The van der Waals surface area contributed by atoms with Gasteiger partial charge in [-0.1, -0.05) is 74.0 Å². The van der Waals surface area contributed by atoms with Crippen LogP contribution in [-0.4, -0.2) is 51.5 Å². The monoisotopic (exact) mass is 503 g/mol. The number of hydrazine groups is 1. The topological polar surface area (TPSA) is 85.0 Å². The van der Waals surface area contributed by atoms with Crippen LogP contribution in [0.5, 0.6) is 0 Å². The minimum absolute atomic E-state index is 0.0269. The first-order chi connectivity index (χ1) is 17.8. The Bertz CT molecular complexity index is 1150. The highest BCUT2D eigenvalue weighted by molar-refractivity contribution is 5.87. The van der Waals surface area contributed by atoms with Crippen molar-refractivity contribution in [1.82, 2.24) is 25.6 Å². The van der Waals surface area contributed by atoms with Crippen LogP contribution in [0.1, 0.15) is 49.8 Å². The van der Waals surface area contributed by atoms with Gasteiger partial charge in [-0.05, 0) is 43.2 Å². The molecule has 0 spiro atoms. The standard InChI is InChI=1S/C29H37N5O3/c1-19(2)16-30-26(35)23-12-13-24-25(15-23)34-28(32(27(24)36)17-21-9-5-4-6-10-21)31-33(29(34)37)18-22-11-7-8-20(3)14-22/h4-11,14,19,23-25,28,31H,12-13,15-18H2,1-3H3,(H,30,35). The number of amides is 4. The molecule has 2 saturated heterocycles. The zero-order valence-electron chi connectivity index (χ0n) is 21.9. The molecule has 2 aromatic carbocycles. The van der Waals surface area contributed by atoms with E-state index in [9.17, 15) is 14.4 Å². The summed E-state index contributed by atoms with van der Waals surface area (Å²) < 4.78 is 0. The van der Waals surface area contributed by atoms with Crippen LogP contribution in [0.25, 0.3) is 0 Å². The van der Waals surface area contributed by atoms with Crippen LogP contribution in [0, 0.1) is 24.7 Å². The first-order valence-corrected chi connectivity index (χ1v) is 13.4. The molecule has 2 aliphatic heterocycles. The van der Waals surface area contributed by atoms with Crippen LogP contribution < -0.4 is 10.7 Å². The largest absolute Gasteiger partial charge is 0.356 e. The fourth-order valence-electron chi connectivity index (χ4n) is 5.86. The third kappa shape index (κ3) is 5.21. The summed E-state index contributed by atoms with van der Waals surface area (Å²) in [5.74, 6) is -0.0634. The maximum Gasteiger partial charge on any atom is 0.337 e. The summed E-state index contributed by atoms with van der Waals surface area (Å²) in [4.78, 5) is 44.2. The van der Waals surface area contributed by atoms with Gasteiger partial charge in [-0.3, -0.25) is 19.5 Å². The summed E-state index contributed by atoms with van der Waals surface area (Å²) >= 11 is 0. The fourth-order valence-corrected chi connectivity index (χ4v) is 5.86. The molecule has 2 N–H and O–H groups in total. The van der Waals surface area contributed by atoms with E-state index in [4.69, 9.17) is 0 Å². The van der Waals surface area contributed by atoms with E-state index in [-0.39, 0.29) is 35.7 Å². The Kier molecular flexibility index (Phi) is 7.20. The number of carbonyl (C=O) groups excluding carboxylic acids is 3. The molecule has 4 unspecified atom stereocenters. The SMILES string of the molecule is Cc1cccc(CN2NC3N(Cc4ccccc4)C(=O)C4CCC(C(=O)NCC(C)C)CC4N3C2=O)c1. The van der Waals surface area contributed by atoms with Crippen LogP contribution in [0.2, 0.25) is 0 Å². The molecule has 37 heavy (non-hydrogen) atoms. The molecule has 5 rings (SSSR count). The van der Waals surface area contributed by atoms with E-state index < -0.39 is 6.29 Å². The lowest BCUT2D eigenvalue weighted by atomic mass is 9.75. The lowest BCUT2D eigenvalue weighted by Crippen LogP contribution is -2.66. The summed E-state index contributed by atoms with van der Waals surface area (Å²) in [6, 6.07) is 17.5. The van der Waals surface area contributed by atoms with Gasteiger partial charge in [0.2, 0.25) is 11.8 Å². The molecule has 0 aromatic heterocycles. The van der Waals surface area contributed by atoms with E-state index in [0.29, 0.717) is 44.8 Å². The number of fused-ring (bicyclic) bond motifs is 3. The van der Waals surface area contributed by atoms with Crippen LogP contribution in [0.15, 0.2) is 54.6 Å². The fraction of sp³-hybridized carbons (Fsp3) is 0.483. The Morgan fingerprint density at radius 2 is 1.78 bits per heavy atom. The summed E-state index contributed by atoms with van der Waals surface area (Å²) in [5, 5.41) is 4.67. The number of hydrogen-bond acceptors (Lipinski definition) is 4. The third-order valence-corrected chi connectivity index (χ3v) is 7.73. The maximum atomic E-state index is 13.8. The number of carbonyl (C=O) groups is 3. The predicted molar refractivity (Wildman–Crippen MR) is 140 cm³/mol. The number of urea groups is 1. The molecule has 3 aliphatic rings. The first kappa shape index (κ1) is 25.3. The number of aryl methyl sites for hydroxylation is 1.